The van der Waals surface area contributed by atoms with Crippen LogP contribution in [0, 0.1) is 6.92 Å². The molecule has 2 amide bonds. The minimum Gasteiger partial charge on any atom is -0.354 e. The van der Waals surface area contributed by atoms with E-state index < -0.39 is 0 Å². The zero-order valence-corrected chi connectivity index (χ0v) is 17.5. The number of amides is 2. The number of carbonyl (C=O) groups is 2. The molecule has 0 radical (unpaired) electrons. The number of nitrogens with one attached hydrogen (secondary N) is 1. The van der Waals surface area contributed by atoms with Crippen LogP contribution in [0.25, 0.3) is 11.3 Å². The van der Waals surface area contributed by atoms with Crippen molar-refractivity contribution in [2.24, 2.45) is 0 Å². The molecule has 1 aromatic heterocycles. The molecule has 0 aliphatic carbocycles. The van der Waals surface area contributed by atoms with Crippen LogP contribution in [0.4, 0.5) is 0 Å². The first-order chi connectivity index (χ1) is 14.5. The first kappa shape index (κ1) is 20.2. The molecule has 0 atom stereocenters. The maximum Gasteiger partial charge on any atom is 0.272 e. The molecule has 1 aliphatic heterocycles. The zero-order valence-electron chi connectivity index (χ0n) is 16.8. The van der Waals surface area contributed by atoms with Crippen LogP contribution in [0.2, 0.25) is 5.02 Å². The Labute approximate surface area is 180 Å². The van der Waals surface area contributed by atoms with Crippen LogP contribution in [0.15, 0.2) is 54.6 Å². The lowest BCUT2D eigenvalue weighted by molar-refractivity contribution is -0.121. The molecule has 2 heterocycles. The summed E-state index contributed by atoms with van der Waals surface area (Å²) in [6.07, 6.45) is 0.767. The normalized spacial score (nSPS) is 13.3. The van der Waals surface area contributed by atoms with E-state index in [1.54, 1.807) is 27.8 Å². The second-order valence-corrected chi connectivity index (χ2v) is 7.83. The Kier molecular flexibility index (Phi) is 5.86. The number of nitrogens with zero attached hydrogens (tertiary/aromatic N) is 3. The maximum absolute atomic E-state index is 12.9. The minimum atomic E-state index is -0.178. The molecule has 0 fully saturated rings. The molecule has 0 saturated carbocycles. The summed E-state index contributed by atoms with van der Waals surface area (Å²) in [5.41, 5.74) is 4.54. The molecule has 0 unspecified atom stereocenters. The minimum absolute atomic E-state index is 0.0497. The molecule has 0 bridgehead atoms. The van der Waals surface area contributed by atoms with Crippen molar-refractivity contribution >= 4 is 23.4 Å². The van der Waals surface area contributed by atoms with E-state index in [2.05, 4.69) is 29.5 Å². The quantitative estimate of drug-likeness (QED) is 0.662. The van der Waals surface area contributed by atoms with Gasteiger partial charge in [-0.3, -0.25) is 14.3 Å². The van der Waals surface area contributed by atoms with Gasteiger partial charge in [0.15, 0.2) is 0 Å². The fourth-order valence-corrected chi connectivity index (χ4v) is 3.73. The maximum atomic E-state index is 12.9. The lowest BCUT2D eigenvalue weighted by atomic mass is 10.1. The van der Waals surface area contributed by atoms with Gasteiger partial charge in [0.1, 0.15) is 5.69 Å². The molecular weight excluding hydrogens is 400 g/mol. The monoisotopic (exact) mass is 422 g/mol. The molecule has 4 rings (SSSR count). The van der Waals surface area contributed by atoms with Crippen LogP contribution < -0.4 is 5.32 Å². The standard InChI is InChI=1S/C23H23ClN4O2/c1-16-4-2-3-5-17(16)10-11-25-22(29)15-27-12-13-28-21(23(27)30)14-20(26-28)18-6-8-19(24)9-7-18/h2-9,14H,10-13,15H2,1H3,(H,25,29). The molecule has 30 heavy (non-hydrogen) atoms. The van der Waals surface area contributed by atoms with Crippen molar-refractivity contribution in [2.45, 2.75) is 19.9 Å². The molecule has 2 aromatic carbocycles. The Balaban J connectivity index is 1.35. The summed E-state index contributed by atoms with van der Waals surface area (Å²) in [5.74, 6) is -0.328. The SMILES string of the molecule is Cc1ccccc1CCNC(=O)CN1CCn2nc(-c3ccc(Cl)cc3)cc2C1=O. The zero-order chi connectivity index (χ0) is 21.1. The van der Waals surface area contributed by atoms with Crippen LogP contribution in [0.5, 0.6) is 0 Å². The first-order valence-corrected chi connectivity index (χ1v) is 10.3. The van der Waals surface area contributed by atoms with Gasteiger partial charge in [0.25, 0.3) is 5.91 Å². The fourth-order valence-electron chi connectivity index (χ4n) is 3.61. The van der Waals surface area contributed by atoms with E-state index in [4.69, 9.17) is 11.6 Å². The smallest absolute Gasteiger partial charge is 0.272 e. The van der Waals surface area contributed by atoms with E-state index in [1.165, 1.54) is 11.1 Å². The Morgan fingerprint density at radius 2 is 1.90 bits per heavy atom. The molecule has 0 saturated heterocycles. The highest BCUT2D eigenvalue weighted by Gasteiger charge is 2.28. The van der Waals surface area contributed by atoms with Gasteiger partial charge in [-0.1, -0.05) is 48.0 Å². The van der Waals surface area contributed by atoms with Gasteiger partial charge in [0, 0.05) is 23.7 Å². The number of benzene rings is 2. The van der Waals surface area contributed by atoms with Crippen LogP contribution in [-0.2, 0) is 17.8 Å². The second-order valence-electron chi connectivity index (χ2n) is 7.40. The summed E-state index contributed by atoms with van der Waals surface area (Å²) < 4.78 is 1.71. The molecule has 154 valence electrons. The van der Waals surface area contributed by atoms with Gasteiger partial charge in [0.05, 0.1) is 18.8 Å². The number of carbonyl (C=O) groups excluding carboxylic acids is 2. The first-order valence-electron chi connectivity index (χ1n) is 9.95. The molecule has 1 N–H and O–H groups in total. The van der Waals surface area contributed by atoms with Gasteiger partial charge in [0.2, 0.25) is 5.91 Å². The van der Waals surface area contributed by atoms with Crippen molar-refractivity contribution in [3.05, 3.63) is 76.4 Å². The van der Waals surface area contributed by atoms with E-state index >= 15 is 0 Å². The Morgan fingerprint density at radius 1 is 1.13 bits per heavy atom. The Hall–Kier alpha value is -3.12. The summed E-state index contributed by atoms with van der Waals surface area (Å²) in [5, 5.41) is 8.10. The predicted octanol–water partition coefficient (Wildman–Crippen LogP) is 3.33. The lowest BCUT2D eigenvalue weighted by Crippen LogP contribution is -2.46. The summed E-state index contributed by atoms with van der Waals surface area (Å²) in [6, 6.07) is 17.2. The Morgan fingerprint density at radius 3 is 2.67 bits per heavy atom. The number of halogens is 1. The van der Waals surface area contributed by atoms with Gasteiger partial charge in [-0.2, -0.15) is 5.10 Å². The molecule has 7 heteroatoms. The van der Waals surface area contributed by atoms with E-state index in [9.17, 15) is 9.59 Å². The highest BCUT2D eigenvalue weighted by Crippen LogP contribution is 2.23. The average Bonchev–Trinajstić information content (AvgIpc) is 3.17. The largest absolute Gasteiger partial charge is 0.354 e. The van der Waals surface area contributed by atoms with E-state index in [0.29, 0.717) is 30.4 Å². The number of hydrogen-bond donors (Lipinski definition) is 1. The van der Waals surface area contributed by atoms with Gasteiger partial charge >= 0.3 is 0 Å². The van der Waals surface area contributed by atoms with Crippen LogP contribution >= 0.6 is 11.6 Å². The number of fused-ring (bicyclic) bond motifs is 1. The van der Waals surface area contributed by atoms with Crippen molar-refractivity contribution in [2.75, 3.05) is 19.6 Å². The highest BCUT2D eigenvalue weighted by molar-refractivity contribution is 6.30. The van der Waals surface area contributed by atoms with Gasteiger partial charge in [-0.25, -0.2) is 0 Å². The van der Waals surface area contributed by atoms with Crippen molar-refractivity contribution in [3.8, 4) is 11.3 Å². The van der Waals surface area contributed by atoms with Crippen molar-refractivity contribution < 1.29 is 9.59 Å². The molecule has 1 aliphatic rings. The van der Waals surface area contributed by atoms with Crippen LogP contribution in [0.1, 0.15) is 21.6 Å². The van der Waals surface area contributed by atoms with Crippen molar-refractivity contribution in [1.82, 2.24) is 20.0 Å². The van der Waals surface area contributed by atoms with Crippen molar-refractivity contribution in [3.63, 3.8) is 0 Å². The third-order valence-corrected chi connectivity index (χ3v) is 5.57. The van der Waals surface area contributed by atoms with Gasteiger partial charge in [-0.15, -0.1) is 0 Å². The summed E-state index contributed by atoms with van der Waals surface area (Å²) >= 11 is 5.95. The third-order valence-electron chi connectivity index (χ3n) is 5.32. The fraction of sp³-hybridized carbons (Fsp3) is 0.261. The van der Waals surface area contributed by atoms with Gasteiger partial charge in [-0.05, 0) is 42.7 Å². The van der Waals surface area contributed by atoms with E-state index in [0.717, 1.165) is 17.7 Å². The number of aryl methyl sites for hydroxylation is 1. The summed E-state index contributed by atoms with van der Waals surface area (Å²) in [4.78, 5) is 26.8. The van der Waals surface area contributed by atoms with Crippen LogP contribution in [-0.4, -0.2) is 46.1 Å². The number of aromatic nitrogens is 2. The highest BCUT2D eigenvalue weighted by atomic mass is 35.5. The van der Waals surface area contributed by atoms with Crippen molar-refractivity contribution in [1.29, 1.82) is 0 Å². The van der Waals surface area contributed by atoms with E-state index in [1.807, 2.05) is 24.3 Å². The summed E-state index contributed by atoms with van der Waals surface area (Å²) in [7, 11) is 0. The topological polar surface area (TPSA) is 67.2 Å². The molecule has 0 spiro atoms. The molecule has 3 aromatic rings. The average molecular weight is 423 g/mol. The number of hydrogen-bond acceptors (Lipinski definition) is 3. The summed E-state index contributed by atoms with van der Waals surface area (Å²) in [6.45, 7) is 3.67. The third kappa shape index (κ3) is 4.39. The number of rotatable bonds is 6. The van der Waals surface area contributed by atoms with Crippen LogP contribution in [0.3, 0.4) is 0 Å². The van der Waals surface area contributed by atoms with E-state index in [-0.39, 0.29) is 18.4 Å². The predicted molar refractivity (Wildman–Crippen MR) is 116 cm³/mol. The Bertz CT molecular complexity index is 1080. The second kappa shape index (κ2) is 8.71. The van der Waals surface area contributed by atoms with Gasteiger partial charge < -0.3 is 10.2 Å². The molecule has 6 nitrogen and oxygen atoms in total. The molecular formula is C23H23ClN4O2. The lowest BCUT2D eigenvalue weighted by Gasteiger charge is -2.26.